The molecule has 6 aromatic carbocycles. The molecule has 2 aromatic heterocycles. The molecule has 0 unspecified atom stereocenters. The highest BCUT2D eigenvalue weighted by Crippen LogP contribution is 2.46. The van der Waals surface area contributed by atoms with Gasteiger partial charge >= 0.3 is 0 Å². The molecule has 2 N–H and O–H groups in total. The number of carbonyl (C=O) groups excluding carboxylic acids is 2. The van der Waals surface area contributed by atoms with E-state index in [-0.39, 0.29) is 23.3 Å². The van der Waals surface area contributed by atoms with Gasteiger partial charge in [-0.25, -0.2) is 0 Å². The maximum Gasteiger partial charge on any atom is 0.258 e. The maximum absolute atomic E-state index is 12.8. The molecular weight excluding hydrogens is 806 g/mol. The molecule has 8 aromatic rings. The van der Waals surface area contributed by atoms with E-state index in [2.05, 4.69) is 90.5 Å². The third-order valence-electron chi connectivity index (χ3n) is 12.0. The minimum Gasteiger partial charge on any atom is -0.505 e. The van der Waals surface area contributed by atoms with Gasteiger partial charge in [0.05, 0.1) is 22.8 Å². The number of fused-ring (bicyclic) bond motifs is 4. The molecule has 4 heterocycles. The first-order valence-corrected chi connectivity index (χ1v) is 21.0. The number of carbonyl (C=O) groups is 2. The Morgan fingerprint density at radius 2 is 0.984 bits per heavy atom. The van der Waals surface area contributed by atoms with Crippen LogP contribution >= 0.6 is 11.6 Å². The Bertz CT molecular complexity index is 3180. The first kappa shape index (κ1) is 40.8. The van der Waals surface area contributed by atoms with Crippen molar-refractivity contribution in [2.24, 2.45) is 0 Å². The number of phenolic OH excluding ortho intramolecular Hbond substituents is 2. The second-order valence-electron chi connectivity index (χ2n) is 16.5. The molecule has 0 aliphatic carbocycles. The molecule has 0 spiro atoms. The Kier molecular flexibility index (Phi) is 10.6. The van der Waals surface area contributed by atoms with Gasteiger partial charge in [-0.05, 0) is 119 Å². The van der Waals surface area contributed by atoms with Gasteiger partial charge in [0, 0.05) is 55.4 Å². The maximum atomic E-state index is 12.8. The third-order valence-corrected chi connectivity index (χ3v) is 12.2. The number of hydrogen-bond acceptors (Lipinski definition) is 7. The second kappa shape index (κ2) is 16.4. The molecule has 310 valence electrons. The van der Waals surface area contributed by atoms with Crippen molar-refractivity contribution in [2.75, 3.05) is 14.1 Å². The lowest BCUT2D eigenvalue weighted by Crippen LogP contribution is -2.17. The fraction of sp³-hybridized carbons (Fsp3) is 0.151. The summed E-state index contributed by atoms with van der Waals surface area (Å²) in [5, 5.41) is 33.4. The van der Waals surface area contributed by atoms with Gasteiger partial charge in [-0.2, -0.15) is 5.26 Å². The zero-order valence-electron chi connectivity index (χ0n) is 35.2. The zero-order valence-corrected chi connectivity index (χ0v) is 36.0. The monoisotopic (exact) mass is 847 g/mol. The summed E-state index contributed by atoms with van der Waals surface area (Å²) in [5.74, 6) is -0.502. The van der Waals surface area contributed by atoms with E-state index < -0.39 is 0 Å². The van der Waals surface area contributed by atoms with Gasteiger partial charge in [0.25, 0.3) is 11.8 Å². The van der Waals surface area contributed by atoms with Crippen LogP contribution in [0.25, 0.3) is 44.1 Å². The van der Waals surface area contributed by atoms with Gasteiger partial charge in [0.15, 0.2) is 11.5 Å². The number of rotatable bonds is 6. The summed E-state index contributed by atoms with van der Waals surface area (Å²) < 4.78 is 0. The molecule has 9 nitrogen and oxygen atoms in total. The van der Waals surface area contributed by atoms with E-state index in [0.29, 0.717) is 52.3 Å². The van der Waals surface area contributed by atoms with Gasteiger partial charge in [0.1, 0.15) is 11.0 Å². The average Bonchev–Trinajstić information content (AvgIpc) is 3.75. The van der Waals surface area contributed by atoms with E-state index in [0.717, 1.165) is 61.7 Å². The highest BCUT2D eigenvalue weighted by molar-refractivity contribution is 6.30. The van der Waals surface area contributed by atoms with Gasteiger partial charge in [0.2, 0.25) is 0 Å². The first-order chi connectivity index (χ1) is 30.4. The molecule has 63 heavy (non-hydrogen) atoms. The van der Waals surface area contributed by atoms with Crippen LogP contribution in [0.3, 0.4) is 0 Å². The zero-order chi connectivity index (χ0) is 44.1. The van der Waals surface area contributed by atoms with Crippen LogP contribution in [0.4, 0.5) is 0 Å². The van der Waals surface area contributed by atoms with Crippen molar-refractivity contribution < 1.29 is 19.8 Å². The molecule has 0 atom stereocenters. The Morgan fingerprint density at radius 3 is 1.38 bits per heavy atom. The predicted molar refractivity (Wildman–Crippen MR) is 247 cm³/mol. The van der Waals surface area contributed by atoms with E-state index in [1.54, 1.807) is 48.4 Å². The summed E-state index contributed by atoms with van der Waals surface area (Å²) in [4.78, 5) is 37.9. The third kappa shape index (κ3) is 7.60. The van der Waals surface area contributed by atoms with Gasteiger partial charge < -0.3 is 20.0 Å². The second-order valence-corrected chi connectivity index (χ2v) is 16.9. The minimum absolute atomic E-state index is 0.0426. The van der Waals surface area contributed by atoms with Crippen LogP contribution in [0.1, 0.15) is 70.8 Å². The fourth-order valence-corrected chi connectivity index (χ4v) is 8.84. The predicted octanol–water partition coefficient (Wildman–Crippen LogP) is 10.7. The van der Waals surface area contributed by atoms with Crippen LogP contribution in [0, 0.1) is 25.2 Å². The minimum atomic E-state index is -0.208. The van der Waals surface area contributed by atoms with Crippen molar-refractivity contribution in [2.45, 2.75) is 39.8 Å². The number of halogens is 1. The summed E-state index contributed by atoms with van der Waals surface area (Å²) in [7, 11) is 3.47. The topological polar surface area (TPSA) is 131 Å². The smallest absolute Gasteiger partial charge is 0.258 e. The lowest BCUT2D eigenvalue weighted by Gasteiger charge is -2.15. The number of phenols is 2. The lowest BCUT2D eigenvalue weighted by molar-refractivity contribution is 0.0807. The fourth-order valence-electron chi connectivity index (χ4n) is 8.71. The van der Waals surface area contributed by atoms with E-state index >= 15 is 0 Å². The van der Waals surface area contributed by atoms with Crippen LogP contribution in [-0.4, -0.2) is 55.9 Å². The number of aromatic nitrogens is 2. The number of pyridine rings is 2. The average molecular weight is 848 g/mol. The standard InChI is InChI=1S/C27H21N3O2.C26H21ClN2O2/c1-16-3-5-17(6-4-16)11-19-12-21-23(20-9-7-18(13-28)8-10-20)22-15-30(2)27(32)24(22)26(31)25(21)29-14-19;1-15-3-5-16(6-4-15)11-17-12-20-22(18-7-9-19(27)10-8-18)21-14-29(2)26(31)23(21)25(30)24(20)28-13-17/h3-10,12,14,31H,11,15H2,1-2H3;3-10,12-13,30H,11,14H2,1-2H3. The Hall–Kier alpha value is -7.54. The number of nitrogens with zero attached hydrogens (tertiary/aromatic N) is 5. The van der Waals surface area contributed by atoms with Gasteiger partial charge in [-0.3, -0.25) is 19.6 Å². The molecule has 2 aliphatic rings. The van der Waals surface area contributed by atoms with Gasteiger partial charge in [-0.15, -0.1) is 0 Å². The molecule has 0 saturated carbocycles. The highest BCUT2D eigenvalue weighted by Gasteiger charge is 2.35. The largest absolute Gasteiger partial charge is 0.505 e. The molecular formula is C53H42ClN5O4. The number of benzene rings is 6. The summed E-state index contributed by atoms with van der Waals surface area (Å²) in [5.41, 5.74) is 14.2. The van der Waals surface area contributed by atoms with E-state index in [4.69, 9.17) is 11.6 Å². The van der Waals surface area contributed by atoms with Crippen molar-refractivity contribution in [1.82, 2.24) is 19.8 Å². The van der Waals surface area contributed by atoms with Crippen molar-refractivity contribution in [3.05, 3.63) is 188 Å². The molecule has 0 radical (unpaired) electrons. The normalized spacial score (nSPS) is 13.0. The van der Waals surface area contributed by atoms with Crippen LogP contribution in [-0.2, 0) is 25.9 Å². The molecule has 2 amide bonds. The molecule has 0 saturated heterocycles. The molecule has 2 aliphatic heterocycles. The number of nitriles is 1. The highest BCUT2D eigenvalue weighted by atomic mass is 35.5. The molecule has 10 rings (SSSR count). The summed E-state index contributed by atoms with van der Waals surface area (Å²) in [6.07, 6.45) is 5.00. The summed E-state index contributed by atoms with van der Waals surface area (Å²) in [6.45, 7) is 4.99. The molecule has 0 bridgehead atoms. The van der Waals surface area contributed by atoms with Crippen molar-refractivity contribution in [3.63, 3.8) is 0 Å². The van der Waals surface area contributed by atoms with Crippen LogP contribution in [0.2, 0.25) is 5.02 Å². The van der Waals surface area contributed by atoms with E-state index in [1.165, 1.54) is 22.3 Å². The van der Waals surface area contributed by atoms with Crippen LogP contribution in [0.5, 0.6) is 11.5 Å². The van der Waals surface area contributed by atoms with E-state index in [9.17, 15) is 25.1 Å². The molecule has 10 heteroatoms. The summed E-state index contributed by atoms with van der Waals surface area (Å²) >= 11 is 6.12. The van der Waals surface area contributed by atoms with Crippen molar-refractivity contribution in [1.29, 1.82) is 5.26 Å². The Labute approximate surface area is 370 Å². The lowest BCUT2D eigenvalue weighted by atomic mass is 9.90. The van der Waals surface area contributed by atoms with Gasteiger partial charge in [-0.1, -0.05) is 95.5 Å². The summed E-state index contributed by atoms with van der Waals surface area (Å²) in [6, 6.07) is 38.0. The SMILES string of the molecule is Cc1ccc(Cc2cnc3c(O)c4c(c(-c5ccc(C#N)cc5)c3c2)CN(C)C4=O)cc1.Cc1ccc(Cc2cnc3c(O)c4c(c(-c5ccc(Cl)cc5)c3c2)CN(C)C4=O)cc1. The van der Waals surface area contributed by atoms with Crippen LogP contribution in [0.15, 0.2) is 122 Å². The van der Waals surface area contributed by atoms with Crippen LogP contribution < -0.4 is 0 Å². The quantitative estimate of drug-likeness (QED) is 0.170. The van der Waals surface area contributed by atoms with E-state index in [1.807, 2.05) is 36.4 Å². The number of amides is 2. The Balaban J connectivity index is 0.000000160. The number of aromatic hydroxyl groups is 2. The first-order valence-electron chi connectivity index (χ1n) is 20.6. The molecule has 0 fully saturated rings. The number of hydrogen-bond donors (Lipinski definition) is 2. The van der Waals surface area contributed by atoms with Crippen molar-refractivity contribution >= 4 is 45.2 Å². The Morgan fingerprint density at radius 1 is 0.587 bits per heavy atom. The number of aryl methyl sites for hydroxylation is 2. The van der Waals surface area contributed by atoms with Crippen molar-refractivity contribution in [3.8, 4) is 39.8 Å².